The molecule has 1 aliphatic heterocycles. The first kappa shape index (κ1) is 14.7. The zero-order chi connectivity index (χ0) is 13.6. The van der Waals surface area contributed by atoms with Crippen LogP contribution in [0.1, 0.15) is 26.2 Å². The number of amides is 2. The summed E-state index contributed by atoms with van der Waals surface area (Å²) in [6, 6.07) is -1.64. The minimum atomic E-state index is -1.16. The minimum absolute atomic E-state index is 0.0173. The highest BCUT2D eigenvalue weighted by molar-refractivity contribution is 5.82. The molecular formula is C11H20N2O5. The maximum atomic E-state index is 11.5. The van der Waals surface area contributed by atoms with Gasteiger partial charge in [0.25, 0.3) is 0 Å². The molecule has 2 atom stereocenters. The molecule has 1 heterocycles. The predicted molar refractivity (Wildman–Crippen MR) is 63.3 cm³/mol. The topological polar surface area (TPSA) is 108 Å². The molecule has 0 saturated carbocycles. The van der Waals surface area contributed by atoms with Crippen LogP contribution >= 0.6 is 0 Å². The molecule has 1 unspecified atom stereocenters. The number of ether oxygens (including phenoxy) is 1. The lowest BCUT2D eigenvalue weighted by Gasteiger charge is -2.24. The van der Waals surface area contributed by atoms with Gasteiger partial charge in [-0.2, -0.15) is 0 Å². The van der Waals surface area contributed by atoms with Crippen molar-refractivity contribution in [1.82, 2.24) is 10.6 Å². The molecule has 0 spiro atoms. The highest BCUT2D eigenvalue weighted by Gasteiger charge is 2.30. The van der Waals surface area contributed by atoms with Crippen LogP contribution in [-0.2, 0) is 9.53 Å². The second-order valence-corrected chi connectivity index (χ2v) is 4.63. The van der Waals surface area contributed by atoms with Crippen LogP contribution in [0.25, 0.3) is 0 Å². The molecule has 2 amide bonds. The molecule has 1 saturated heterocycles. The average molecular weight is 260 g/mol. The predicted octanol–water partition coefficient (Wildman–Crippen LogP) is -0.310. The third-order valence-electron chi connectivity index (χ3n) is 2.94. The fourth-order valence-electron chi connectivity index (χ4n) is 1.84. The molecule has 0 aliphatic carbocycles. The molecule has 0 aromatic rings. The summed E-state index contributed by atoms with van der Waals surface area (Å²) >= 11 is 0. The van der Waals surface area contributed by atoms with E-state index in [1.165, 1.54) is 0 Å². The third-order valence-corrected chi connectivity index (χ3v) is 2.94. The van der Waals surface area contributed by atoms with Crippen LogP contribution in [0.4, 0.5) is 4.79 Å². The number of aliphatic carboxylic acids is 1. The Morgan fingerprint density at radius 1 is 1.50 bits per heavy atom. The molecule has 0 aromatic carbocycles. The highest BCUT2D eigenvalue weighted by atomic mass is 16.5. The van der Waals surface area contributed by atoms with Crippen molar-refractivity contribution >= 4 is 12.0 Å². The lowest BCUT2D eigenvalue weighted by molar-refractivity contribution is -0.139. The van der Waals surface area contributed by atoms with Gasteiger partial charge in [-0.25, -0.2) is 9.59 Å². The Bertz CT molecular complexity index is 302. The zero-order valence-corrected chi connectivity index (χ0v) is 10.4. The van der Waals surface area contributed by atoms with Crippen LogP contribution in [0.3, 0.4) is 0 Å². The molecule has 104 valence electrons. The van der Waals surface area contributed by atoms with Crippen LogP contribution < -0.4 is 10.6 Å². The molecule has 1 aliphatic rings. The van der Waals surface area contributed by atoms with Crippen LogP contribution in [0, 0.1) is 0 Å². The number of carboxylic acid groups (broad SMARTS) is 1. The number of urea groups is 1. The van der Waals surface area contributed by atoms with Crippen LogP contribution in [0.5, 0.6) is 0 Å². The summed E-state index contributed by atoms with van der Waals surface area (Å²) in [5.74, 6) is -1.16. The molecule has 1 rings (SSSR count). The molecule has 0 bridgehead atoms. The molecular weight excluding hydrogens is 240 g/mol. The quantitative estimate of drug-likeness (QED) is 0.524. The van der Waals surface area contributed by atoms with Crippen LogP contribution in [0.15, 0.2) is 0 Å². The van der Waals surface area contributed by atoms with Crippen molar-refractivity contribution in [2.75, 3.05) is 19.8 Å². The smallest absolute Gasteiger partial charge is 0.326 e. The number of carbonyl (C=O) groups excluding carboxylic acids is 1. The molecule has 4 N–H and O–H groups in total. The summed E-state index contributed by atoms with van der Waals surface area (Å²) < 4.78 is 5.49. The van der Waals surface area contributed by atoms with Gasteiger partial charge in [0.15, 0.2) is 0 Å². The second-order valence-electron chi connectivity index (χ2n) is 4.63. The van der Waals surface area contributed by atoms with Gasteiger partial charge in [0, 0.05) is 26.2 Å². The van der Waals surface area contributed by atoms with Crippen molar-refractivity contribution < 1.29 is 24.5 Å². The van der Waals surface area contributed by atoms with E-state index >= 15 is 0 Å². The second kappa shape index (κ2) is 6.55. The van der Waals surface area contributed by atoms with Gasteiger partial charge in [0.2, 0.25) is 0 Å². The van der Waals surface area contributed by atoms with Gasteiger partial charge in [-0.3, -0.25) is 0 Å². The maximum absolute atomic E-state index is 11.5. The van der Waals surface area contributed by atoms with E-state index in [0.717, 1.165) is 12.8 Å². The van der Waals surface area contributed by atoms with Crippen molar-refractivity contribution in [3.8, 4) is 0 Å². The molecule has 0 aromatic heterocycles. The van der Waals surface area contributed by atoms with Gasteiger partial charge >= 0.3 is 12.0 Å². The van der Waals surface area contributed by atoms with E-state index in [2.05, 4.69) is 10.6 Å². The van der Waals surface area contributed by atoms with Crippen molar-refractivity contribution in [1.29, 1.82) is 0 Å². The van der Waals surface area contributed by atoms with Gasteiger partial charge in [-0.15, -0.1) is 0 Å². The number of rotatable bonds is 6. The van der Waals surface area contributed by atoms with Crippen molar-refractivity contribution in [2.45, 2.75) is 37.8 Å². The summed E-state index contributed by atoms with van der Waals surface area (Å²) in [6.45, 7) is 2.63. The van der Waals surface area contributed by atoms with E-state index in [1.807, 2.05) is 6.92 Å². The maximum Gasteiger partial charge on any atom is 0.326 e. The standard InChI is InChI=1S/C11H20N2O5/c1-11(4-2-6-18-11)7-12-10(17)13-8(3-5-14)9(15)16/h8,14H,2-7H2,1H3,(H,15,16)(H2,12,13,17)/t8-,11?/m1/s1. The number of carbonyl (C=O) groups is 2. The van der Waals surface area contributed by atoms with E-state index in [-0.39, 0.29) is 18.6 Å². The third kappa shape index (κ3) is 4.50. The first-order valence-electron chi connectivity index (χ1n) is 5.99. The molecule has 0 radical (unpaired) electrons. The first-order valence-corrected chi connectivity index (χ1v) is 5.99. The van der Waals surface area contributed by atoms with Crippen LogP contribution in [-0.4, -0.2) is 53.6 Å². The minimum Gasteiger partial charge on any atom is -0.480 e. The van der Waals surface area contributed by atoms with Gasteiger partial charge < -0.3 is 25.6 Å². The summed E-state index contributed by atoms with van der Waals surface area (Å²) in [5, 5.41) is 22.4. The number of hydrogen-bond acceptors (Lipinski definition) is 4. The van der Waals surface area contributed by atoms with Crippen molar-refractivity contribution in [3.63, 3.8) is 0 Å². The largest absolute Gasteiger partial charge is 0.480 e. The van der Waals surface area contributed by atoms with Crippen LogP contribution in [0.2, 0.25) is 0 Å². The fraction of sp³-hybridized carbons (Fsp3) is 0.818. The average Bonchev–Trinajstić information content (AvgIpc) is 2.73. The summed E-state index contributed by atoms with van der Waals surface area (Å²) in [6.07, 6.45) is 1.81. The van der Waals surface area contributed by atoms with Gasteiger partial charge in [-0.05, 0) is 19.8 Å². The molecule has 18 heavy (non-hydrogen) atoms. The Morgan fingerprint density at radius 2 is 2.22 bits per heavy atom. The molecule has 7 heteroatoms. The van der Waals surface area contributed by atoms with Gasteiger partial charge in [0.1, 0.15) is 6.04 Å². The van der Waals surface area contributed by atoms with E-state index in [9.17, 15) is 9.59 Å². The Hall–Kier alpha value is -1.34. The zero-order valence-electron chi connectivity index (χ0n) is 10.4. The summed E-state index contributed by atoms with van der Waals surface area (Å²) in [7, 11) is 0. The van der Waals surface area contributed by atoms with Crippen molar-refractivity contribution in [2.24, 2.45) is 0 Å². The monoisotopic (exact) mass is 260 g/mol. The molecule has 1 fully saturated rings. The number of nitrogens with one attached hydrogen (secondary N) is 2. The van der Waals surface area contributed by atoms with Gasteiger partial charge in [-0.1, -0.05) is 0 Å². The van der Waals surface area contributed by atoms with Gasteiger partial charge in [0.05, 0.1) is 5.60 Å². The highest BCUT2D eigenvalue weighted by Crippen LogP contribution is 2.23. The summed E-state index contributed by atoms with van der Waals surface area (Å²) in [5.41, 5.74) is -0.368. The van der Waals surface area contributed by atoms with Crippen molar-refractivity contribution in [3.05, 3.63) is 0 Å². The normalized spacial score (nSPS) is 24.6. The van der Waals surface area contributed by atoms with E-state index in [0.29, 0.717) is 13.2 Å². The Kier molecular flexibility index (Phi) is 5.36. The number of carboxylic acids is 1. The number of aliphatic hydroxyl groups excluding tert-OH is 1. The summed E-state index contributed by atoms with van der Waals surface area (Å²) in [4.78, 5) is 22.3. The Balaban J connectivity index is 2.33. The fourth-order valence-corrected chi connectivity index (χ4v) is 1.84. The Labute approximate surface area is 106 Å². The van der Waals surface area contributed by atoms with E-state index < -0.39 is 18.0 Å². The lowest BCUT2D eigenvalue weighted by Crippen LogP contribution is -2.50. The van der Waals surface area contributed by atoms with E-state index in [1.54, 1.807) is 0 Å². The lowest BCUT2D eigenvalue weighted by atomic mass is 10.0. The number of aliphatic hydroxyl groups is 1. The SMILES string of the molecule is CC1(CNC(=O)N[C@H](CCO)C(=O)O)CCCO1. The van der Waals surface area contributed by atoms with E-state index in [4.69, 9.17) is 14.9 Å². The number of hydrogen-bond donors (Lipinski definition) is 4. The first-order chi connectivity index (χ1) is 8.47. The Morgan fingerprint density at radius 3 is 2.72 bits per heavy atom. The molecule has 7 nitrogen and oxygen atoms in total.